The van der Waals surface area contributed by atoms with Gasteiger partial charge in [0.25, 0.3) is 0 Å². The molecule has 0 aliphatic heterocycles. The van der Waals surface area contributed by atoms with E-state index in [9.17, 15) is 17.6 Å². The molecule has 0 heterocycles. The average Bonchev–Trinajstić information content (AvgIpc) is 2.44. The van der Waals surface area contributed by atoms with Crippen molar-refractivity contribution in [1.29, 1.82) is 0 Å². The number of hydrogen-bond donors (Lipinski definition) is 3. The summed E-state index contributed by atoms with van der Waals surface area (Å²) in [6, 6.07) is 3.71. The normalized spacial score (nSPS) is 14.6. The first kappa shape index (κ1) is 18.5. The molecule has 0 bridgehead atoms. The Labute approximate surface area is 130 Å². The Hall–Kier alpha value is -1.51. The fourth-order valence-electron chi connectivity index (χ4n) is 1.78. The lowest BCUT2D eigenvalue weighted by atomic mass is 10.0. The molecule has 8 heteroatoms. The quantitative estimate of drug-likeness (QED) is 0.681. The molecule has 0 aromatic heterocycles. The van der Waals surface area contributed by atoms with Crippen LogP contribution < -0.4 is 15.8 Å². The first-order chi connectivity index (χ1) is 10.2. The molecule has 1 unspecified atom stereocenters. The van der Waals surface area contributed by atoms with Crippen molar-refractivity contribution in [2.75, 3.05) is 6.54 Å². The van der Waals surface area contributed by atoms with Gasteiger partial charge in [0.05, 0.1) is 0 Å². The number of hydrogen-bond acceptors (Lipinski definition) is 4. The number of benzene rings is 1. The molecular weight excluding hydrogens is 309 g/mol. The molecule has 22 heavy (non-hydrogen) atoms. The zero-order valence-electron chi connectivity index (χ0n) is 12.8. The highest BCUT2D eigenvalue weighted by Crippen LogP contribution is 2.15. The molecular formula is C14H22FN3O3S. The first-order valence-corrected chi connectivity index (χ1v) is 8.44. The summed E-state index contributed by atoms with van der Waals surface area (Å²) in [5.41, 5.74) is 5.43. The van der Waals surface area contributed by atoms with E-state index in [1.807, 2.05) is 0 Å². The molecule has 6 nitrogen and oxygen atoms in total. The van der Waals surface area contributed by atoms with Crippen molar-refractivity contribution < 1.29 is 17.6 Å². The highest BCUT2D eigenvalue weighted by molar-refractivity contribution is 7.89. The van der Waals surface area contributed by atoms with Crippen molar-refractivity contribution in [3.8, 4) is 0 Å². The van der Waals surface area contributed by atoms with Crippen LogP contribution in [0, 0.1) is 11.7 Å². The molecule has 1 rings (SSSR count). The lowest BCUT2D eigenvalue weighted by molar-refractivity contribution is -0.124. The third kappa shape index (κ3) is 4.75. The van der Waals surface area contributed by atoms with Gasteiger partial charge < -0.3 is 11.1 Å². The summed E-state index contributed by atoms with van der Waals surface area (Å²) in [5.74, 6) is -1.67. The second-order valence-corrected chi connectivity index (χ2v) is 7.10. The van der Waals surface area contributed by atoms with Crippen LogP contribution in [-0.2, 0) is 14.8 Å². The topological polar surface area (TPSA) is 101 Å². The Kier molecular flexibility index (Phi) is 6.46. The first-order valence-electron chi connectivity index (χ1n) is 6.96. The number of halogens is 1. The minimum absolute atomic E-state index is 0.233. The Morgan fingerprint density at radius 1 is 1.27 bits per heavy atom. The number of nitrogens with one attached hydrogen (secondary N) is 2. The maximum atomic E-state index is 13.7. The largest absolute Gasteiger partial charge is 0.351 e. The van der Waals surface area contributed by atoms with Crippen LogP contribution >= 0.6 is 0 Å². The van der Waals surface area contributed by atoms with E-state index in [0.717, 1.165) is 12.1 Å². The van der Waals surface area contributed by atoms with Crippen LogP contribution in [-0.4, -0.2) is 33.0 Å². The molecule has 0 saturated carbocycles. The third-order valence-corrected chi connectivity index (χ3v) is 4.57. The van der Waals surface area contributed by atoms with Gasteiger partial charge in [0.2, 0.25) is 15.9 Å². The van der Waals surface area contributed by atoms with Gasteiger partial charge in [-0.25, -0.2) is 12.8 Å². The number of rotatable bonds is 7. The summed E-state index contributed by atoms with van der Waals surface area (Å²) >= 11 is 0. The van der Waals surface area contributed by atoms with Crippen LogP contribution in [0.5, 0.6) is 0 Å². The lowest BCUT2D eigenvalue weighted by Crippen LogP contribution is -2.52. The van der Waals surface area contributed by atoms with Crippen molar-refractivity contribution in [2.24, 2.45) is 11.7 Å². The number of nitrogens with two attached hydrogens (primary N) is 1. The van der Waals surface area contributed by atoms with Crippen molar-refractivity contribution in [3.05, 3.63) is 30.1 Å². The zero-order valence-corrected chi connectivity index (χ0v) is 13.7. The van der Waals surface area contributed by atoms with E-state index in [2.05, 4.69) is 10.0 Å². The fraction of sp³-hybridized carbons (Fsp3) is 0.500. The standard InChI is InChI=1S/C14H22FN3O3S/c1-9(2)13(14(19)17-10(3)8-16)18-22(20,21)12-7-5-4-6-11(12)15/h4-7,9-10,13,18H,8,16H2,1-3H3,(H,17,19)/t10-,13?/m0/s1. The average molecular weight is 331 g/mol. The van der Waals surface area contributed by atoms with Crippen molar-refractivity contribution in [2.45, 2.75) is 37.8 Å². The Bertz CT molecular complexity index is 620. The van der Waals surface area contributed by atoms with Gasteiger partial charge in [0.1, 0.15) is 16.8 Å². The summed E-state index contributed by atoms with van der Waals surface area (Å²) in [6.45, 7) is 5.33. The molecule has 2 atom stereocenters. The molecule has 1 aromatic carbocycles. The minimum atomic E-state index is -4.14. The summed E-state index contributed by atoms with van der Waals surface area (Å²) in [4.78, 5) is 11.7. The van der Waals surface area contributed by atoms with Gasteiger partial charge in [0.15, 0.2) is 0 Å². The van der Waals surface area contributed by atoms with Crippen LogP contribution in [0.25, 0.3) is 0 Å². The molecule has 1 amide bonds. The van der Waals surface area contributed by atoms with Gasteiger partial charge in [-0.3, -0.25) is 4.79 Å². The second kappa shape index (κ2) is 7.66. The van der Waals surface area contributed by atoms with Gasteiger partial charge >= 0.3 is 0 Å². The van der Waals surface area contributed by atoms with Crippen LogP contribution in [0.2, 0.25) is 0 Å². The molecule has 124 valence electrons. The summed E-state index contributed by atoms with van der Waals surface area (Å²) in [5, 5.41) is 2.62. The number of carbonyl (C=O) groups excluding carboxylic acids is 1. The van der Waals surface area contributed by atoms with Gasteiger partial charge in [-0.15, -0.1) is 0 Å². The van der Waals surface area contributed by atoms with E-state index in [1.165, 1.54) is 12.1 Å². The van der Waals surface area contributed by atoms with Crippen LogP contribution in [0.3, 0.4) is 0 Å². The third-order valence-electron chi connectivity index (χ3n) is 3.10. The van der Waals surface area contributed by atoms with Crippen LogP contribution in [0.1, 0.15) is 20.8 Å². The minimum Gasteiger partial charge on any atom is -0.351 e. The zero-order chi connectivity index (χ0) is 16.9. The highest BCUT2D eigenvalue weighted by Gasteiger charge is 2.30. The van der Waals surface area contributed by atoms with Gasteiger partial charge in [-0.05, 0) is 25.0 Å². The second-order valence-electron chi connectivity index (χ2n) is 5.42. The Morgan fingerprint density at radius 3 is 2.36 bits per heavy atom. The van der Waals surface area contributed by atoms with E-state index in [4.69, 9.17) is 5.73 Å². The molecule has 1 aromatic rings. The van der Waals surface area contributed by atoms with Gasteiger partial charge in [-0.2, -0.15) is 4.72 Å². The maximum absolute atomic E-state index is 13.7. The summed E-state index contributed by atoms with van der Waals surface area (Å²) < 4.78 is 40.5. The summed E-state index contributed by atoms with van der Waals surface area (Å²) in [6.07, 6.45) is 0. The van der Waals surface area contributed by atoms with Crippen LogP contribution in [0.15, 0.2) is 29.2 Å². The van der Waals surface area contributed by atoms with Crippen molar-refractivity contribution >= 4 is 15.9 Å². The molecule has 4 N–H and O–H groups in total. The summed E-state index contributed by atoms with van der Waals surface area (Å²) in [7, 11) is -4.14. The van der Waals surface area contributed by atoms with E-state index >= 15 is 0 Å². The predicted octanol–water partition coefficient (Wildman–Crippen LogP) is 0.592. The molecule has 0 saturated heterocycles. The molecule has 0 fully saturated rings. The van der Waals surface area contributed by atoms with Crippen LogP contribution in [0.4, 0.5) is 4.39 Å². The van der Waals surface area contributed by atoms with E-state index in [-0.39, 0.29) is 18.5 Å². The Balaban J connectivity index is 3.00. The SMILES string of the molecule is CC(C)C(NS(=O)(=O)c1ccccc1F)C(=O)N[C@@H](C)CN. The Morgan fingerprint density at radius 2 is 1.86 bits per heavy atom. The number of amides is 1. The smallest absolute Gasteiger partial charge is 0.244 e. The van der Waals surface area contributed by atoms with E-state index in [0.29, 0.717) is 0 Å². The highest BCUT2D eigenvalue weighted by atomic mass is 32.2. The lowest BCUT2D eigenvalue weighted by Gasteiger charge is -2.23. The number of carbonyl (C=O) groups is 1. The molecule has 0 spiro atoms. The number of sulfonamides is 1. The van der Waals surface area contributed by atoms with Gasteiger partial charge in [0, 0.05) is 12.6 Å². The van der Waals surface area contributed by atoms with Crippen molar-refractivity contribution in [3.63, 3.8) is 0 Å². The van der Waals surface area contributed by atoms with E-state index < -0.39 is 32.7 Å². The monoisotopic (exact) mass is 331 g/mol. The molecule has 0 aliphatic rings. The van der Waals surface area contributed by atoms with Crippen molar-refractivity contribution in [1.82, 2.24) is 10.0 Å². The molecule has 0 radical (unpaired) electrons. The van der Waals surface area contributed by atoms with Gasteiger partial charge in [-0.1, -0.05) is 26.0 Å². The molecule has 0 aliphatic carbocycles. The fourth-order valence-corrected chi connectivity index (χ4v) is 3.20. The maximum Gasteiger partial charge on any atom is 0.244 e. The predicted molar refractivity (Wildman–Crippen MR) is 82.0 cm³/mol. The van der Waals surface area contributed by atoms with E-state index in [1.54, 1.807) is 20.8 Å².